The lowest BCUT2D eigenvalue weighted by Crippen LogP contribution is -2.50. The number of nitrogens with zero attached hydrogens (tertiary/aromatic N) is 7. The third-order valence-corrected chi connectivity index (χ3v) is 8.39. The Labute approximate surface area is 233 Å². The Hall–Kier alpha value is -3.88. The van der Waals surface area contributed by atoms with Gasteiger partial charge in [-0.3, -0.25) is 0 Å². The van der Waals surface area contributed by atoms with E-state index in [0.717, 1.165) is 21.9 Å². The van der Waals surface area contributed by atoms with Crippen molar-refractivity contribution >= 4 is 15.6 Å². The maximum absolute atomic E-state index is 12.6. The summed E-state index contributed by atoms with van der Waals surface area (Å²) in [5.41, 5.74) is 8.79. The highest BCUT2D eigenvalue weighted by atomic mass is 32.2. The number of aromatic nitrogens is 6. The maximum atomic E-state index is 12.6. The van der Waals surface area contributed by atoms with Crippen molar-refractivity contribution in [3.05, 3.63) is 66.4 Å². The molecule has 0 bridgehead atoms. The zero-order chi connectivity index (χ0) is 28.5. The van der Waals surface area contributed by atoms with Gasteiger partial charge in [-0.25, -0.2) is 28.4 Å². The van der Waals surface area contributed by atoms with Gasteiger partial charge in [0.05, 0.1) is 47.0 Å². The van der Waals surface area contributed by atoms with Crippen LogP contribution in [0.1, 0.15) is 38.1 Å². The Kier molecular flexibility index (Phi) is 7.57. The van der Waals surface area contributed by atoms with Gasteiger partial charge >= 0.3 is 0 Å². The quantitative estimate of drug-likeness (QED) is 0.302. The average molecular weight is 567 g/mol. The predicted octanol–water partition coefficient (Wildman–Crippen LogP) is 1.05. The van der Waals surface area contributed by atoms with Crippen LogP contribution in [-0.2, 0) is 15.7 Å². The number of hydrogen-bond donors (Lipinski definition) is 3. The highest BCUT2D eigenvalue weighted by molar-refractivity contribution is 7.90. The van der Waals surface area contributed by atoms with Crippen LogP contribution in [0, 0.1) is 0 Å². The van der Waals surface area contributed by atoms with Crippen LogP contribution in [-0.4, -0.2) is 81.0 Å². The summed E-state index contributed by atoms with van der Waals surface area (Å²) in [4.78, 5) is 20.0. The highest BCUT2D eigenvalue weighted by Crippen LogP contribution is 2.31. The lowest BCUT2D eigenvalue weighted by atomic mass is 9.97. The van der Waals surface area contributed by atoms with Gasteiger partial charge in [0.1, 0.15) is 6.61 Å². The molecule has 40 heavy (non-hydrogen) atoms. The SMILES string of the molecule is CC(C)NC1=CC(N)(c2ccnc(-c3cnn(S(=O)(=O)C4CC4)c3)n2)NC=C1c1cnc(OCCN(C)C)cn1. The lowest BCUT2D eigenvalue weighted by Gasteiger charge is -2.33. The molecule has 3 aromatic heterocycles. The molecule has 0 saturated heterocycles. The van der Waals surface area contributed by atoms with E-state index >= 15 is 0 Å². The van der Waals surface area contributed by atoms with Gasteiger partial charge in [0.15, 0.2) is 11.5 Å². The smallest absolute Gasteiger partial charge is 0.256 e. The van der Waals surface area contributed by atoms with Crippen LogP contribution in [0.5, 0.6) is 5.88 Å². The van der Waals surface area contributed by atoms with E-state index in [4.69, 9.17) is 10.5 Å². The summed E-state index contributed by atoms with van der Waals surface area (Å²) in [6.45, 7) is 5.35. The molecule has 4 N–H and O–H groups in total. The third kappa shape index (κ3) is 5.98. The first-order chi connectivity index (χ1) is 19.0. The molecule has 13 nitrogen and oxygen atoms in total. The van der Waals surface area contributed by atoms with Crippen LogP contribution < -0.4 is 21.1 Å². The van der Waals surface area contributed by atoms with Gasteiger partial charge in [-0.2, -0.15) is 9.19 Å². The van der Waals surface area contributed by atoms with Crippen molar-refractivity contribution in [3.63, 3.8) is 0 Å². The van der Waals surface area contributed by atoms with Crippen molar-refractivity contribution in [2.24, 2.45) is 5.73 Å². The summed E-state index contributed by atoms with van der Waals surface area (Å²) in [6.07, 6.45) is 12.7. The molecule has 1 fully saturated rings. The fraction of sp³-hybridized carbons (Fsp3) is 0.423. The first kappa shape index (κ1) is 27.7. The molecule has 0 radical (unpaired) electrons. The Morgan fingerprint density at radius 2 is 2.02 bits per heavy atom. The number of rotatable bonds is 11. The van der Waals surface area contributed by atoms with Gasteiger partial charge in [-0.1, -0.05) is 0 Å². The molecule has 1 aliphatic heterocycles. The molecule has 2 aliphatic rings. The molecular formula is C26H34N10O3S. The zero-order valence-corrected chi connectivity index (χ0v) is 23.8. The molecule has 4 heterocycles. The molecule has 212 valence electrons. The molecule has 1 saturated carbocycles. The predicted molar refractivity (Wildman–Crippen MR) is 150 cm³/mol. The van der Waals surface area contributed by atoms with Crippen LogP contribution in [0.2, 0.25) is 0 Å². The highest BCUT2D eigenvalue weighted by Gasteiger charge is 2.38. The number of nitrogens with one attached hydrogen (secondary N) is 2. The van der Waals surface area contributed by atoms with Gasteiger partial charge < -0.3 is 26.0 Å². The second-order valence-electron chi connectivity index (χ2n) is 10.4. The Balaban J connectivity index is 1.39. The van der Waals surface area contributed by atoms with Crippen LogP contribution in [0.4, 0.5) is 0 Å². The second-order valence-corrected chi connectivity index (χ2v) is 12.5. The van der Waals surface area contributed by atoms with Gasteiger partial charge in [-0.05, 0) is 52.9 Å². The zero-order valence-electron chi connectivity index (χ0n) is 22.9. The topological polar surface area (TPSA) is 166 Å². The minimum absolute atomic E-state index is 0.110. The number of allylic oxidation sites excluding steroid dienone is 1. The van der Waals surface area contributed by atoms with Crippen molar-refractivity contribution < 1.29 is 13.2 Å². The fourth-order valence-electron chi connectivity index (χ4n) is 4.08. The fourth-order valence-corrected chi connectivity index (χ4v) is 5.55. The molecule has 5 rings (SSSR count). The van der Waals surface area contributed by atoms with E-state index in [9.17, 15) is 8.42 Å². The summed E-state index contributed by atoms with van der Waals surface area (Å²) in [6, 6.07) is 1.82. The van der Waals surface area contributed by atoms with E-state index < -0.39 is 15.7 Å². The van der Waals surface area contributed by atoms with Gasteiger partial charge in [0.2, 0.25) is 5.88 Å². The van der Waals surface area contributed by atoms with E-state index in [-0.39, 0.29) is 11.3 Å². The maximum Gasteiger partial charge on any atom is 0.256 e. The summed E-state index contributed by atoms with van der Waals surface area (Å²) in [7, 11) is 0.466. The standard InChI is InChI=1S/C26H34N10O3S/c1-17(2)33-21-11-26(27,31-13-20(21)22-14-30-24(15-29-22)39-10-9-35(3)4)23-7-8-28-25(34-23)18-12-32-36(16-18)40(37,38)19-5-6-19/h7-8,11-17,19,31,33H,5-6,9-10,27H2,1-4H3. The molecule has 3 aromatic rings. The minimum Gasteiger partial charge on any atom is -0.475 e. The van der Waals surface area contributed by atoms with Crippen molar-refractivity contribution in [2.45, 2.75) is 43.6 Å². The van der Waals surface area contributed by atoms with Crippen LogP contribution in [0.25, 0.3) is 17.0 Å². The number of nitrogens with two attached hydrogens (primary N) is 1. The second kappa shape index (κ2) is 10.9. The number of ether oxygens (including phenoxy) is 1. The van der Waals surface area contributed by atoms with Crippen molar-refractivity contribution in [3.8, 4) is 17.3 Å². The average Bonchev–Trinajstić information content (AvgIpc) is 3.66. The summed E-state index contributed by atoms with van der Waals surface area (Å²) in [5, 5.41) is 10.4. The van der Waals surface area contributed by atoms with Gasteiger partial charge in [0.25, 0.3) is 10.0 Å². The molecule has 1 atom stereocenters. The number of hydrogen-bond acceptors (Lipinski definition) is 12. The van der Waals surface area contributed by atoms with Gasteiger partial charge in [-0.15, -0.1) is 0 Å². The number of likely N-dealkylation sites (N-methyl/N-ethyl adjacent to an activating group) is 1. The Bertz CT molecular complexity index is 1530. The van der Waals surface area contributed by atoms with Crippen molar-refractivity contribution in [1.82, 2.24) is 44.7 Å². The van der Waals surface area contributed by atoms with E-state index in [1.807, 2.05) is 38.9 Å². The molecule has 0 spiro atoms. The molecule has 0 amide bonds. The third-order valence-electron chi connectivity index (χ3n) is 6.36. The molecule has 1 unspecified atom stereocenters. The number of dihydropyridines is 1. The molecule has 0 aromatic carbocycles. The Morgan fingerprint density at radius 1 is 1.23 bits per heavy atom. The van der Waals surface area contributed by atoms with E-state index in [0.29, 0.717) is 48.1 Å². The lowest BCUT2D eigenvalue weighted by molar-refractivity contribution is 0.253. The van der Waals surface area contributed by atoms with Crippen LogP contribution in [0.3, 0.4) is 0 Å². The monoisotopic (exact) mass is 566 g/mol. The van der Waals surface area contributed by atoms with Gasteiger partial charge in [0, 0.05) is 36.3 Å². The van der Waals surface area contributed by atoms with E-state index in [1.54, 1.807) is 30.9 Å². The summed E-state index contributed by atoms with van der Waals surface area (Å²) < 4.78 is 31.8. The summed E-state index contributed by atoms with van der Waals surface area (Å²) in [5.74, 6) is 0.769. The van der Waals surface area contributed by atoms with E-state index in [2.05, 4.69) is 35.7 Å². The van der Waals surface area contributed by atoms with Crippen LogP contribution >= 0.6 is 0 Å². The van der Waals surface area contributed by atoms with Crippen LogP contribution in [0.15, 0.2) is 55.0 Å². The molecular weight excluding hydrogens is 532 g/mol. The first-order valence-corrected chi connectivity index (χ1v) is 14.5. The Morgan fingerprint density at radius 3 is 2.70 bits per heavy atom. The van der Waals surface area contributed by atoms with Crippen molar-refractivity contribution in [1.29, 1.82) is 0 Å². The largest absolute Gasteiger partial charge is 0.475 e. The molecule has 1 aliphatic carbocycles. The molecule has 14 heteroatoms. The first-order valence-electron chi connectivity index (χ1n) is 13.0. The summed E-state index contributed by atoms with van der Waals surface area (Å²) >= 11 is 0. The minimum atomic E-state index is -3.49. The van der Waals surface area contributed by atoms with Crippen molar-refractivity contribution in [2.75, 3.05) is 27.2 Å². The van der Waals surface area contributed by atoms with E-state index in [1.165, 1.54) is 12.4 Å². The normalized spacial score (nSPS) is 19.3.